The molecule has 1 saturated heterocycles. The van der Waals surface area contributed by atoms with Crippen molar-refractivity contribution in [3.63, 3.8) is 0 Å². The summed E-state index contributed by atoms with van der Waals surface area (Å²) in [7, 11) is 0. The normalized spacial score (nSPS) is 22.7. The van der Waals surface area contributed by atoms with Gasteiger partial charge in [0, 0.05) is 6.54 Å². The Kier molecular flexibility index (Phi) is 4.77. The molecule has 1 heterocycles. The molecule has 1 unspecified atom stereocenters. The molecule has 2 heteroatoms. The van der Waals surface area contributed by atoms with Crippen LogP contribution in [0.3, 0.4) is 0 Å². The van der Waals surface area contributed by atoms with E-state index >= 15 is 0 Å². The minimum atomic E-state index is 0.931. The highest BCUT2D eigenvalue weighted by Gasteiger charge is 2.13. The SMILES string of the molecule is CC(C)=CCNCC1CCSC1. The van der Waals surface area contributed by atoms with Gasteiger partial charge in [0.25, 0.3) is 0 Å². The molecule has 0 aromatic rings. The van der Waals surface area contributed by atoms with Gasteiger partial charge in [0.15, 0.2) is 0 Å². The largest absolute Gasteiger partial charge is 0.313 e. The van der Waals surface area contributed by atoms with Crippen LogP contribution >= 0.6 is 11.8 Å². The minimum absolute atomic E-state index is 0.931. The van der Waals surface area contributed by atoms with E-state index < -0.39 is 0 Å². The van der Waals surface area contributed by atoms with Crippen molar-refractivity contribution in [3.05, 3.63) is 11.6 Å². The Morgan fingerprint density at radius 1 is 1.58 bits per heavy atom. The quantitative estimate of drug-likeness (QED) is 0.533. The molecule has 1 N–H and O–H groups in total. The minimum Gasteiger partial charge on any atom is -0.313 e. The molecule has 1 rings (SSSR count). The highest BCUT2D eigenvalue weighted by molar-refractivity contribution is 7.99. The fourth-order valence-corrected chi connectivity index (χ4v) is 2.59. The molecule has 70 valence electrons. The van der Waals surface area contributed by atoms with Crippen LogP contribution in [0.25, 0.3) is 0 Å². The molecule has 0 aromatic carbocycles. The van der Waals surface area contributed by atoms with Crippen molar-refractivity contribution in [1.82, 2.24) is 5.32 Å². The maximum absolute atomic E-state index is 3.47. The first-order chi connectivity index (χ1) is 5.79. The molecule has 0 radical (unpaired) electrons. The van der Waals surface area contributed by atoms with E-state index in [0.717, 1.165) is 12.5 Å². The van der Waals surface area contributed by atoms with Gasteiger partial charge in [-0.05, 0) is 44.2 Å². The number of allylic oxidation sites excluding steroid dienone is 1. The van der Waals surface area contributed by atoms with Crippen molar-refractivity contribution >= 4 is 11.8 Å². The van der Waals surface area contributed by atoms with Gasteiger partial charge < -0.3 is 5.32 Å². The second-order valence-electron chi connectivity index (χ2n) is 3.67. The fourth-order valence-electron chi connectivity index (χ4n) is 1.31. The molecular weight excluding hydrogens is 166 g/mol. The summed E-state index contributed by atoms with van der Waals surface area (Å²) in [6.45, 7) is 6.54. The maximum Gasteiger partial charge on any atom is 0.0137 e. The highest BCUT2D eigenvalue weighted by Crippen LogP contribution is 2.22. The maximum atomic E-state index is 3.47. The molecule has 0 aromatic heterocycles. The molecule has 0 aliphatic carbocycles. The Labute approximate surface area is 80.0 Å². The average molecular weight is 185 g/mol. The van der Waals surface area contributed by atoms with Crippen LogP contribution in [0, 0.1) is 5.92 Å². The van der Waals surface area contributed by atoms with Gasteiger partial charge in [-0.15, -0.1) is 0 Å². The number of rotatable bonds is 4. The van der Waals surface area contributed by atoms with Crippen LogP contribution in [0.2, 0.25) is 0 Å². The molecule has 1 fully saturated rings. The Hall–Kier alpha value is 0.0500. The topological polar surface area (TPSA) is 12.0 Å². The highest BCUT2D eigenvalue weighted by atomic mass is 32.2. The molecule has 1 nitrogen and oxygen atoms in total. The van der Waals surface area contributed by atoms with Gasteiger partial charge in [0.2, 0.25) is 0 Å². The second kappa shape index (κ2) is 5.65. The van der Waals surface area contributed by atoms with E-state index in [9.17, 15) is 0 Å². The molecule has 1 aliphatic heterocycles. The van der Waals surface area contributed by atoms with E-state index in [0.29, 0.717) is 0 Å². The van der Waals surface area contributed by atoms with Crippen molar-refractivity contribution < 1.29 is 0 Å². The van der Waals surface area contributed by atoms with Gasteiger partial charge in [0.1, 0.15) is 0 Å². The number of nitrogens with one attached hydrogen (secondary N) is 1. The molecule has 0 spiro atoms. The van der Waals surface area contributed by atoms with Gasteiger partial charge >= 0.3 is 0 Å². The summed E-state index contributed by atoms with van der Waals surface area (Å²) in [6.07, 6.45) is 3.66. The molecule has 0 saturated carbocycles. The molecule has 1 atom stereocenters. The number of thioether (sulfide) groups is 1. The predicted octanol–water partition coefficient (Wildman–Crippen LogP) is 2.30. The van der Waals surface area contributed by atoms with Crippen LogP contribution in [0.1, 0.15) is 20.3 Å². The van der Waals surface area contributed by atoms with Crippen molar-refractivity contribution in [2.75, 3.05) is 24.6 Å². The van der Waals surface area contributed by atoms with Gasteiger partial charge in [-0.25, -0.2) is 0 Å². The summed E-state index contributed by atoms with van der Waals surface area (Å²) < 4.78 is 0. The summed E-state index contributed by atoms with van der Waals surface area (Å²) in [5.74, 6) is 3.66. The Bertz CT molecular complexity index is 144. The lowest BCUT2D eigenvalue weighted by Gasteiger charge is -2.07. The first-order valence-corrected chi connectivity index (χ1v) is 5.86. The summed E-state index contributed by atoms with van der Waals surface area (Å²) in [5, 5.41) is 3.47. The second-order valence-corrected chi connectivity index (χ2v) is 4.82. The third-order valence-electron chi connectivity index (χ3n) is 2.11. The summed E-state index contributed by atoms with van der Waals surface area (Å²) in [6, 6.07) is 0. The van der Waals surface area contributed by atoms with Crippen molar-refractivity contribution in [1.29, 1.82) is 0 Å². The zero-order valence-electron chi connectivity index (χ0n) is 8.10. The van der Waals surface area contributed by atoms with Gasteiger partial charge in [0.05, 0.1) is 0 Å². The van der Waals surface area contributed by atoms with Crippen LogP contribution in [0.4, 0.5) is 0 Å². The van der Waals surface area contributed by atoms with Gasteiger partial charge in [-0.2, -0.15) is 11.8 Å². The van der Waals surface area contributed by atoms with E-state index in [4.69, 9.17) is 0 Å². The number of hydrogen-bond donors (Lipinski definition) is 1. The average Bonchev–Trinajstić information content (AvgIpc) is 2.49. The first kappa shape index (κ1) is 10.1. The van der Waals surface area contributed by atoms with Crippen LogP contribution in [0.5, 0.6) is 0 Å². The summed E-state index contributed by atoms with van der Waals surface area (Å²) in [4.78, 5) is 0. The van der Waals surface area contributed by atoms with Gasteiger partial charge in [-0.1, -0.05) is 11.6 Å². The molecule has 1 aliphatic rings. The Morgan fingerprint density at radius 3 is 3.00 bits per heavy atom. The standard InChI is InChI=1S/C10H19NS/c1-9(2)3-5-11-7-10-4-6-12-8-10/h3,10-11H,4-8H2,1-2H3. The van der Waals surface area contributed by atoms with Crippen LogP contribution in [-0.2, 0) is 0 Å². The molecule has 0 bridgehead atoms. The van der Waals surface area contributed by atoms with Crippen molar-refractivity contribution in [3.8, 4) is 0 Å². The first-order valence-electron chi connectivity index (χ1n) is 4.71. The van der Waals surface area contributed by atoms with E-state index in [2.05, 4.69) is 37.0 Å². The molecule has 0 amide bonds. The van der Waals surface area contributed by atoms with Crippen LogP contribution in [-0.4, -0.2) is 24.6 Å². The van der Waals surface area contributed by atoms with Crippen LogP contribution in [0.15, 0.2) is 11.6 Å². The monoisotopic (exact) mass is 185 g/mol. The lowest BCUT2D eigenvalue weighted by atomic mass is 10.1. The lowest BCUT2D eigenvalue weighted by molar-refractivity contribution is 0.542. The third kappa shape index (κ3) is 4.17. The number of hydrogen-bond acceptors (Lipinski definition) is 2. The van der Waals surface area contributed by atoms with Crippen molar-refractivity contribution in [2.45, 2.75) is 20.3 Å². The molecule has 12 heavy (non-hydrogen) atoms. The zero-order valence-corrected chi connectivity index (χ0v) is 8.91. The van der Waals surface area contributed by atoms with Gasteiger partial charge in [-0.3, -0.25) is 0 Å². The van der Waals surface area contributed by atoms with E-state index in [1.807, 2.05) is 0 Å². The summed E-state index contributed by atoms with van der Waals surface area (Å²) >= 11 is 2.09. The Balaban J connectivity index is 1.98. The molecular formula is C10H19NS. The Morgan fingerprint density at radius 2 is 2.42 bits per heavy atom. The van der Waals surface area contributed by atoms with Crippen molar-refractivity contribution in [2.24, 2.45) is 5.92 Å². The van der Waals surface area contributed by atoms with E-state index in [-0.39, 0.29) is 0 Å². The zero-order chi connectivity index (χ0) is 8.81. The van der Waals surface area contributed by atoms with E-state index in [1.165, 1.54) is 30.0 Å². The smallest absolute Gasteiger partial charge is 0.0137 e. The van der Waals surface area contributed by atoms with E-state index in [1.54, 1.807) is 0 Å². The summed E-state index contributed by atoms with van der Waals surface area (Å²) in [5.41, 5.74) is 1.41. The fraction of sp³-hybridized carbons (Fsp3) is 0.800. The third-order valence-corrected chi connectivity index (χ3v) is 3.34. The van der Waals surface area contributed by atoms with Crippen LogP contribution < -0.4 is 5.32 Å². The predicted molar refractivity (Wildman–Crippen MR) is 57.7 cm³/mol. The lowest BCUT2D eigenvalue weighted by Crippen LogP contribution is -2.22.